The molecule has 2 unspecified atom stereocenters. The van der Waals surface area contributed by atoms with E-state index in [1.807, 2.05) is 43.0 Å². The summed E-state index contributed by atoms with van der Waals surface area (Å²) in [4.78, 5) is 11.1. The summed E-state index contributed by atoms with van der Waals surface area (Å²) >= 11 is 1.83. The standard InChI is InChI=1S/C17H18OS/c1-14(12-18)17(16-10-6-3-7-11-16)19-13-15-8-4-2-5-9-15/h2-12,14,17H,13H2,1H3. The second kappa shape index (κ2) is 7.15. The van der Waals surface area contributed by atoms with Gasteiger partial charge in [-0.05, 0) is 11.1 Å². The predicted octanol–water partition coefficient (Wildman–Crippen LogP) is 4.50. The van der Waals surface area contributed by atoms with E-state index in [0.29, 0.717) is 0 Å². The summed E-state index contributed by atoms with van der Waals surface area (Å²) in [6.45, 7) is 1.99. The van der Waals surface area contributed by atoms with Crippen molar-refractivity contribution in [1.82, 2.24) is 0 Å². The summed E-state index contributed by atoms with van der Waals surface area (Å²) in [7, 11) is 0. The Hall–Kier alpha value is -1.54. The zero-order valence-corrected chi connectivity index (χ0v) is 11.8. The molecule has 0 fully saturated rings. The Morgan fingerprint density at radius 2 is 1.58 bits per heavy atom. The monoisotopic (exact) mass is 270 g/mol. The van der Waals surface area contributed by atoms with Crippen LogP contribution in [0.3, 0.4) is 0 Å². The highest BCUT2D eigenvalue weighted by Crippen LogP contribution is 2.36. The minimum Gasteiger partial charge on any atom is -0.303 e. The maximum Gasteiger partial charge on any atom is 0.124 e. The highest BCUT2D eigenvalue weighted by Gasteiger charge is 2.19. The Bertz CT molecular complexity index is 495. The zero-order chi connectivity index (χ0) is 13.5. The van der Waals surface area contributed by atoms with Gasteiger partial charge in [0.15, 0.2) is 0 Å². The Kier molecular flexibility index (Phi) is 5.22. The van der Waals surface area contributed by atoms with E-state index in [9.17, 15) is 4.79 Å². The molecule has 98 valence electrons. The van der Waals surface area contributed by atoms with Gasteiger partial charge in [-0.25, -0.2) is 0 Å². The molecular formula is C17H18OS. The van der Waals surface area contributed by atoms with E-state index < -0.39 is 0 Å². The van der Waals surface area contributed by atoms with Gasteiger partial charge in [0.1, 0.15) is 6.29 Å². The summed E-state index contributed by atoms with van der Waals surface area (Å²) in [5, 5.41) is 0.221. The molecule has 0 aromatic heterocycles. The van der Waals surface area contributed by atoms with Crippen LogP contribution < -0.4 is 0 Å². The van der Waals surface area contributed by atoms with Crippen molar-refractivity contribution in [3.05, 3.63) is 71.8 Å². The second-order valence-electron chi connectivity index (χ2n) is 4.62. The van der Waals surface area contributed by atoms with Crippen molar-refractivity contribution in [3.8, 4) is 0 Å². The van der Waals surface area contributed by atoms with Gasteiger partial charge in [-0.2, -0.15) is 0 Å². The first kappa shape index (κ1) is 13.9. The fourth-order valence-corrected chi connectivity index (χ4v) is 3.31. The highest BCUT2D eigenvalue weighted by molar-refractivity contribution is 7.98. The van der Waals surface area contributed by atoms with E-state index >= 15 is 0 Å². The number of carbonyl (C=O) groups excluding carboxylic acids is 1. The molecular weight excluding hydrogens is 252 g/mol. The topological polar surface area (TPSA) is 17.1 Å². The van der Waals surface area contributed by atoms with Gasteiger partial charge in [0.2, 0.25) is 0 Å². The van der Waals surface area contributed by atoms with Gasteiger partial charge in [0.25, 0.3) is 0 Å². The maximum absolute atomic E-state index is 11.1. The average molecular weight is 270 g/mol. The van der Waals surface area contributed by atoms with E-state index in [0.717, 1.165) is 12.0 Å². The van der Waals surface area contributed by atoms with E-state index in [1.165, 1.54) is 11.1 Å². The quantitative estimate of drug-likeness (QED) is 0.719. The van der Waals surface area contributed by atoms with Gasteiger partial charge in [0.05, 0.1) is 0 Å². The smallest absolute Gasteiger partial charge is 0.124 e. The maximum atomic E-state index is 11.1. The van der Waals surface area contributed by atoms with Gasteiger partial charge >= 0.3 is 0 Å². The van der Waals surface area contributed by atoms with Crippen LogP contribution in [-0.4, -0.2) is 6.29 Å². The summed E-state index contributed by atoms with van der Waals surface area (Å²) in [6.07, 6.45) is 1.05. The molecule has 2 atom stereocenters. The summed E-state index contributed by atoms with van der Waals surface area (Å²) in [5.41, 5.74) is 2.52. The third-order valence-electron chi connectivity index (χ3n) is 3.09. The first-order chi connectivity index (χ1) is 9.31. The number of carbonyl (C=O) groups is 1. The molecule has 0 radical (unpaired) electrons. The first-order valence-corrected chi connectivity index (χ1v) is 7.52. The van der Waals surface area contributed by atoms with Crippen LogP contribution in [0.15, 0.2) is 60.7 Å². The molecule has 2 rings (SSSR count). The van der Waals surface area contributed by atoms with Crippen LogP contribution in [0.5, 0.6) is 0 Å². The fourth-order valence-electron chi connectivity index (χ4n) is 2.03. The molecule has 0 spiro atoms. The van der Waals surface area contributed by atoms with Crippen molar-refractivity contribution in [1.29, 1.82) is 0 Å². The molecule has 0 saturated heterocycles. The van der Waals surface area contributed by atoms with Crippen LogP contribution in [0.2, 0.25) is 0 Å². The van der Waals surface area contributed by atoms with Crippen molar-refractivity contribution in [2.45, 2.75) is 17.9 Å². The summed E-state index contributed by atoms with van der Waals surface area (Å²) in [5.74, 6) is 0.953. The lowest BCUT2D eigenvalue weighted by molar-refractivity contribution is -0.110. The van der Waals surface area contributed by atoms with Crippen LogP contribution in [-0.2, 0) is 10.5 Å². The van der Waals surface area contributed by atoms with E-state index in [1.54, 1.807) is 0 Å². The van der Waals surface area contributed by atoms with Crippen molar-refractivity contribution in [3.63, 3.8) is 0 Å². The lowest BCUT2D eigenvalue weighted by Crippen LogP contribution is -2.08. The number of aldehydes is 1. The van der Waals surface area contributed by atoms with E-state index in [2.05, 4.69) is 36.4 Å². The molecule has 2 heteroatoms. The van der Waals surface area contributed by atoms with Gasteiger partial charge in [0, 0.05) is 16.9 Å². The van der Waals surface area contributed by atoms with Crippen molar-refractivity contribution >= 4 is 18.0 Å². The molecule has 0 amide bonds. The Balaban J connectivity index is 2.09. The summed E-state index contributed by atoms with van der Waals surface area (Å²) < 4.78 is 0. The van der Waals surface area contributed by atoms with Gasteiger partial charge in [-0.3, -0.25) is 0 Å². The Morgan fingerprint density at radius 3 is 2.16 bits per heavy atom. The molecule has 0 bridgehead atoms. The molecule has 0 N–H and O–H groups in total. The van der Waals surface area contributed by atoms with Crippen molar-refractivity contribution in [2.24, 2.45) is 5.92 Å². The predicted molar refractivity (Wildman–Crippen MR) is 82.1 cm³/mol. The molecule has 19 heavy (non-hydrogen) atoms. The number of hydrogen-bond donors (Lipinski definition) is 0. The van der Waals surface area contributed by atoms with Crippen LogP contribution in [0.4, 0.5) is 0 Å². The molecule has 0 aliphatic heterocycles. The number of thioether (sulfide) groups is 1. The molecule has 2 aromatic carbocycles. The third kappa shape index (κ3) is 3.97. The SMILES string of the molecule is CC(C=O)C(SCc1ccccc1)c1ccccc1. The van der Waals surface area contributed by atoms with Gasteiger partial charge < -0.3 is 4.79 Å². The van der Waals surface area contributed by atoms with Crippen LogP contribution in [0.1, 0.15) is 23.3 Å². The molecule has 0 heterocycles. The van der Waals surface area contributed by atoms with Crippen molar-refractivity contribution in [2.75, 3.05) is 0 Å². The Morgan fingerprint density at radius 1 is 1.00 bits per heavy atom. The fraction of sp³-hybridized carbons (Fsp3) is 0.235. The van der Waals surface area contributed by atoms with E-state index in [4.69, 9.17) is 0 Å². The van der Waals surface area contributed by atoms with Gasteiger partial charge in [-0.1, -0.05) is 67.6 Å². The molecule has 1 nitrogen and oxygen atoms in total. The van der Waals surface area contributed by atoms with E-state index in [-0.39, 0.29) is 11.2 Å². The first-order valence-electron chi connectivity index (χ1n) is 6.47. The lowest BCUT2D eigenvalue weighted by Gasteiger charge is -2.20. The largest absolute Gasteiger partial charge is 0.303 e. The van der Waals surface area contributed by atoms with Crippen LogP contribution >= 0.6 is 11.8 Å². The number of benzene rings is 2. The van der Waals surface area contributed by atoms with Gasteiger partial charge in [-0.15, -0.1) is 11.8 Å². The third-order valence-corrected chi connectivity index (χ3v) is 4.65. The van der Waals surface area contributed by atoms with Crippen LogP contribution in [0.25, 0.3) is 0 Å². The summed E-state index contributed by atoms with van der Waals surface area (Å²) in [6, 6.07) is 20.6. The average Bonchev–Trinajstić information content (AvgIpc) is 2.49. The normalized spacial score (nSPS) is 13.7. The second-order valence-corrected chi connectivity index (χ2v) is 5.75. The molecule has 2 aromatic rings. The zero-order valence-electron chi connectivity index (χ0n) is 11.0. The van der Waals surface area contributed by atoms with Crippen LogP contribution in [0, 0.1) is 5.92 Å². The molecule has 0 saturated carbocycles. The minimum absolute atomic E-state index is 0.0242. The number of rotatable bonds is 6. The minimum atomic E-state index is 0.0242. The molecule has 0 aliphatic rings. The Labute approximate surface area is 119 Å². The van der Waals surface area contributed by atoms with Crippen molar-refractivity contribution < 1.29 is 4.79 Å². The lowest BCUT2D eigenvalue weighted by atomic mass is 10.0. The number of hydrogen-bond acceptors (Lipinski definition) is 2. The highest BCUT2D eigenvalue weighted by atomic mass is 32.2. The molecule has 0 aliphatic carbocycles.